The molecule has 0 aromatic heterocycles. The minimum absolute atomic E-state index is 0.110. The number of halogens is 1. The van der Waals surface area contributed by atoms with Crippen molar-refractivity contribution in [3.63, 3.8) is 0 Å². The molecule has 96 valence electrons. The van der Waals surface area contributed by atoms with Gasteiger partial charge in [-0.1, -0.05) is 25.5 Å². The minimum atomic E-state index is -0.678. The zero-order chi connectivity index (χ0) is 12.9. The van der Waals surface area contributed by atoms with E-state index in [4.69, 9.17) is 0 Å². The molecule has 0 aliphatic rings. The van der Waals surface area contributed by atoms with Gasteiger partial charge >= 0.3 is 0 Å². The Morgan fingerprint density at radius 1 is 1.35 bits per heavy atom. The van der Waals surface area contributed by atoms with Crippen molar-refractivity contribution in [3.8, 4) is 0 Å². The lowest BCUT2D eigenvalue weighted by Gasteiger charge is -2.25. The van der Waals surface area contributed by atoms with E-state index in [0.29, 0.717) is 6.54 Å². The number of hydrogen-bond acceptors (Lipinski definition) is 2. The average molecular weight is 239 g/mol. The maximum atomic E-state index is 12.8. The van der Waals surface area contributed by atoms with Gasteiger partial charge in [-0.05, 0) is 38.0 Å². The lowest BCUT2D eigenvalue weighted by molar-refractivity contribution is 0.0476. The van der Waals surface area contributed by atoms with Gasteiger partial charge in [0.25, 0.3) is 0 Å². The molecule has 1 aromatic carbocycles. The van der Waals surface area contributed by atoms with E-state index >= 15 is 0 Å². The molecule has 2 nitrogen and oxygen atoms in total. The zero-order valence-electron chi connectivity index (χ0n) is 10.8. The monoisotopic (exact) mass is 239 g/mol. The molecule has 2 N–H and O–H groups in total. The first kappa shape index (κ1) is 14.1. The SMILES string of the molecule is CCCC(C)(O)CNC(C)c1ccc(F)cc1. The van der Waals surface area contributed by atoms with Crippen LogP contribution in [-0.4, -0.2) is 17.3 Å². The highest BCUT2D eigenvalue weighted by Crippen LogP contribution is 2.16. The van der Waals surface area contributed by atoms with E-state index in [-0.39, 0.29) is 11.9 Å². The molecular formula is C14H22FNO. The quantitative estimate of drug-likeness (QED) is 0.799. The molecule has 3 heteroatoms. The van der Waals surface area contributed by atoms with Crippen LogP contribution in [0.25, 0.3) is 0 Å². The van der Waals surface area contributed by atoms with Crippen molar-refractivity contribution >= 4 is 0 Å². The molecule has 0 aliphatic heterocycles. The predicted molar refractivity (Wildman–Crippen MR) is 68.3 cm³/mol. The molecule has 0 radical (unpaired) electrons. The van der Waals surface area contributed by atoms with Crippen molar-refractivity contribution in [1.82, 2.24) is 5.32 Å². The van der Waals surface area contributed by atoms with E-state index in [1.807, 2.05) is 13.8 Å². The van der Waals surface area contributed by atoms with Gasteiger partial charge in [-0.15, -0.1) is 0 Å². The van der Waals surface area contributed by atoms with Gasteiger partial charge in [0, 0.05) is 12.6 Å². The van der Waals surface area contributed by atoms with Crippen molar-refractivity contribution in [2.75, 3.05) is 6.54 Å². The van der Waals surface area contributed by atoms with E-state index < -0.39 is 5.60 Å². The summed E-state index contributed by atoms with van der Waals surface area (Å²) in [7, 11) is 0. The first-order valence-electron chi connectivity index (χ1n) is 6.16. The van der Waals surface area contributed by atoms with Crippen molar-refractivity contribution in [3.05, 3.63) is 35.6 Å². The second-order valence-electron chi connectivity index (χ2n) is 4.90. The summed E-state index contributed by atoms with van der Waals surface area (Å²) in [5.41, 5.74) is 0.349. The highest BCUT2D eigenvalue weighted by Gasteiger charge is 2.19. The lowest BCUT2D eigenvalue weighted by Crippen LogP contribution is -2.38. The standard InChI is InChI=1S/C14H22FNO/c1-4-9-14(3,17)10-16-11(2)12-5-7-13(15)8-6-12/h5-8,11,16-17H,4,9-10H2,1-3H3. The molecule has 1 aromatic rings. The molecule has 0 heterocycles. The van der Waals surface area contributed by atoms with Gasteiger partial charge < -0.3 is 10.4 Å². The Morgan fingerprint density at radius 2 is 1.94 bits per heavy atom. The molecule has 0 bridgehead atoms. The third-order valence-electron chi connectivity index (χ3n) is 2.95. The van der Waals surface area contributed by atoms with Crippen LogP contribution in [0.1, 0.15) is 45.2 Å². The van der Waals surface area contributed by atoms with Crippen LogP contribution in [0, 0.1) is 5.82 Å². The van der Waals surface area contributed by atoms with E-state index in [9.17, 15) is 9.50 Å². The maximum Gasteiger partial charge on any atom is 0.123 e. The topological polar surface area (TPSA) is 32.3 Å². The van der Waals surface area contributed by atoms with Crippen LogP contribution in [0.5, 0.6) is 0 Å². The largest absolute Gasteiger partial charge is 0.389 e. The fourth-order valence-electron chi connectivity index (χ4n) is 1.87. The zero-order valence-corrected chi connectivity index (χ0v) is 10.8. The van der Waals surface area contributed by atoms with E-state index in [0.717, 1.165) is 18.4 Å². The summed E-state index contributed by atoms with van der Waals surface area (Å²) in [4.78, 5) is 0. The number of aliphatic hydroxyl groups is 1. The van der Waals surface area contributed by atoms with Crippen LogP contribution in [0.2, 0.25) is 0 Å². The first-order valence-corrected chi connectivity index (χ1v) is 6.16. The predicted octanol–water partition coefficient (Wildman–Crippen LogP) is 3.03. The van der Waals surface area contributed by atoms with E-state index in [1.165, 1.54) is 12.1 Å². The van der Waals surface area contributed by atoms with Gasteiger partial charge in [-0.25, -0.2) is 4.39 Å². The third-order valence-corrected chi connectivity index (χ3v) is 2.95. The molecule has 0 fully saturated rings. The molecule has 0 saturated carbocycles. The van der Waals surface area contributed by atoms with E-state index in [2.05, 4.69) is 12.2 Å². The molecule has 0 aliphatic carbocycles. The number of benzene rings is 1. The lowest BCUT2D eigenvalue weighted by atomic mass is 9.99. The van der Waals surface area contributed by atoms with Gasteiger partial charge in [0.2, 0.25) is 0 Å². The van der Waals surface area contributed by atoms with Gasteiger partial charge in [-0.2, -0.15) is 0 Å². The Morgan fingerprint density at radius 3 is 2.47 bits per heavy atom. The molecule has 2 unspecified atom stereocenters. The average Bonchev–Trinajstić information content (AvgIpc) is 2.27. The Bertz CT molecular complexity index is 335. The fourth-order valence-corrected chi connectivity index (χ4v) is 1.87. The summed E-state index contributed by atoms with van der Waals surface area (Å²) in [6, 6.07) is 6.55. The summed E-state index contributed by atoms with van der Waals surface area (Å²) < 4.78 is 12.8. The van der Waals surface area contributed by atoms with Gasteiger partial charge in [-0.3, -0.25) is 0 Å². The van der Waals surface area contributed by atoms with Crippen LogP contribution in [0.4, 0.5) is 4.39 Å². The summed E-state index contributed by atoms with van der Waals surface area (Å²) >= 11 is 0. The molecule has 0 saturated heterocycles. The van der Waals surface area contributed by atoms with Gasteiger partial charge in [0.15, 0.2) is 0 Å². The second-order valence-corrected chi connectivity index (χ2v) is 4.90. The van der Waals surface area contributed by atoms with Crippen LogP contribution >= 0.6 is 0 Å². The summed E-state index contributed by atoms with van der Waals surface area (Å²) in [5, 5.41) is 13.3. The first-order chi connectivity index (χ1) is 7.94. The number of hydrogen-bond donors (Lipinski definition) is 2. The smallest absolute Gasteiger partial charge is 0.123 e. The fraction of sp³-hybridized carbons (Fsp3) is 0.571. The third kappa shape index (κ3) is 4.84. The molecule has 0 amide bonds. The molecule has 1 rings (SSSR count). The summed E-state index contributed by atoms with van der Waals surface area (Å²) in [6.07, 6.45) is 1.73. The Balaban J connectivity index is 2.49. The van der Waals surface area contributed by atoms with E-state index in [1.54, 1.807) is 12.1 Å². The highest BCUT2D eigenvalue weighted by atomic mass is 19.1. The molecular weight excluding hydrogens is 217 g/mol. The highest BCUT2D eigenvalue weighted by molar-refractivity contribution is 5.19. The molecule has 0 spiro atoms. The van der Waals surface area contributed by atoms with Crippen LogP contribution in [0.3, 0.4) is 0 Å². The van der Waals surface area contributed by atoms with Crippen molar-refractivity contribution in [2.45, 2.75) is 45.3 Å². The van der Waals surface area contributed by atoms with Crippen LogP contribution < -0.4 is 5.32 Å². The molecule has 2 atom stereocenters. The Kier molecular flexibility index (Phi) is 5.09. The van der Waals surface area contributed by atoms with Gasteiger partial charge in [0.05, 0.1) is 5.60 Å². The molecule has 17 heavy (non-hydrogen) atoms. The van der Waals surface area contributed by atoms with Crippen molar-refractivity contribution in [1.29, 1.82) is 0 Å². The van der Waals surface area contributed by atoms with Gasteiger partial charge in [0.1, 0.15) is 5.82 Å². The number of rotatable bonds is 6. The second kappa shape index (κ2) is 6.12. The van der Waals surface area contributed by atoms with Crippen molar-refractivity contribution in [2.24, 2.45) is 0 Å². The van der Waals surface area contributed by atoms with Crippen LogP contribution in [-0.2, 0) is 0 Å². The normalized spacial score (nSPS) is 16.5. The number of nitrogens with one attached hydrogen (secondary N) is 1. The Labute approximate surface area is 103 Å². The minimum Gasteiger partial charge on any atom is -0.389 e. The Hall–Kier alpha value is -0.930. The maximum absolute atomic E-state index is 12.8. The summed E-state index contributed by atoms with van der Waals surface area (Å²) in [6.45, 7) is 6.44. The van der Waals surface area contributed by atoms with Crippen LogP contribution in [0.15, 0.2) is 24.3 Å². The summed E-state index contributed by atoms with van der Waals surface area (Å²) in [5.74, 6) is -0.223. The van der Waals surface area contributed by atoms with Crippen molar-refractivity contribution < 1.29 is 9.50 Å².